The number of aliphatic imine (C=N–C) groups is 1. The van der Waals surface area contributed by atoms with Crippen LogP contribution in [0.15, 0.2) is 78.4 Å². The summed E-state index contributed by atoms with van der Waals surface area (Å²) in [7, 11) is 0. The lowest BCUT2D eigenvalue weighted by Crippen LogP contribution is -2.41. The van der Waals surface area contributed by atoms with Crippen molar-refractivity contribution in [3.05, 3.63) is 79.0 Å². The fourth-order valence-electron chi connectivity index (χ4n) is 3.71. The van der Waals surface area contributed by atoms with Gasteiger partial charge < -0.3 is 10.6 Å². The third-order valence-corrected chi connectivity index (χ3v) is 4.98. The van der Waals surface area contributed by atoms with Gasteiger partial charge in [0.05, 0.1) is 12.2 Å². The van der Waals surface area contributed by atoms with E-state index in [1.54, 1.807) is 0 Å². The number of anilines is 1. The summed E-state index contributed by atoms with van der Waals surface area (Å²) < 4.78 is 0. The maximum Gasteiger partial charge on any atom is 0.121 e. The molecule has 0 saturated carbocycles. The highest BCUT2D eigenvalue weighted by atomic mass is 15.2. The van der Waals surface area contributed by atoms with E-state index in [1.807, 2.05) is 36.4 Å². The molecular weight excluding hydrogens is 320 g/mol. The van der Waals surface area contributed by atoms with Crippen molar-refractivity contribution in [1.82, 2.24) is 10.2 Å². The number of rotatable bonds is 5. The van der Waals surface area contributed by atoms with Gasteiger partial charge in [0.1, 0.15) is 5.84 Å². The first-order chi connectivity index (χ1) is 12.7. The van der Waals surface area contributed by atoms with Crippen LogP contribution in [0.3, 0.4) is 0 Å². The summed E-state index contributed by atoms with van der Waals surface area (Å²) in [5.74, 6) is 0.952. The molecule has 2 aromatic rings. The van der Waals surface area contributed by atoms with E-state index in [-0.39, 0.29) is 0 Å². The van der Waals surface area contributed by atoms with Crippen molar-refractivity contribution in [2.75, 3.05) is 18.4 Å². The number of nitrogens with zero attached hydrogens (tertiary/aromatic N) is 2. The van der Waals surface area contributed by atoms with Crippen LogP contribution in [-0.2, 0) is 0 Å². The Bertz CT molecular complexity index is 853. The fourth-order valence-corrected chi connectivity index (χ4v) is 3.71. The van der Waals surface area contributed by atoms with Gasteiger partial charge in [-0.3, -0.25) is 4.90 Å². The average Bonchev–Trinajstić information content (AvgIpc) is 3.11. The third kappa shape index (κ3) is 3.41. The molecule has 2 N–H and O–H groups in total. The van der Waals surface area contributed by atoms with Gasteiger partial charge in [0.2, 0.25) is 0 Å². The van der Waals surface area contributed by atoms with Gasteiger partial charge in [0, 0.05) is 28.7 Å². The Balaban J connectivity index is 1.47. The van der Waals surface area contributed by atoms with Gasteiger partial charge >= 0.3 is 0 Å². The van der Waals surface area contributed by atoms with Crippen LogP contribution in [0.1, 0.15) is 18.4 Å². The van der Waals surface area contributed by atoms with Crippen LogP contribution in [0, 0.1) is 0 Å². The Morgan fingerprint density at radius 2 is 1.92 bits per heavy atom. The lowest BCUT2D eigenvalue weighted by molar-refractivity contribution is 0.320. The van der Waals surface area contributed by atoms with Crippen LogP contribution in [0.25, 0.3) is 5.70 Å². The smallest absolute Gasteiger partial charge is 0.121 e. The van der Waals surface area contributed by atoms with Crippen LogP contribution in [0.2, 0.25) is 0 Å². The van der Waals surface area contributed by atoms with Crippen molar-refractivity contribution in [3.63, 3.8) is 0 Å². The van der Waals surface area contributed by atoms with E-state index in [9.17, 15) is 0 Å². The second kappa shape index (κ2) is 7.18. The minimum atomic E-state index is 0.310. The van der Waals surface area contributed by atoms with E-state index >= 15 is 0 Å². The molecule has 1 unspecified atom stereocenters. The van der Waals surface area contributed by atoms with Gasteiger partial charge in [-0.2, -0.15) is 0 Å². The average molecular weight is 344 g/mol. The van der Waals surface area contributed by atoms with Gasteiger partial charge in [-0.1, -0.05) is 49.6 Å². The highest BCUT2D eigenvalue weighted by molar-refractivity contribution is 5.98. The quantitative estimate of drug-likeness (QED) is 0.845. The second-order valence-corrected chi connectivity index (χ2v) is 6.82. The standard InChI is InChI=1S/C22H24N4/c1-16-19-11-6-7-12-20(19)25-22(24-16)15-26-14-8-13-21(26)17(2)23-18-9-4-3-5-10-18/h3-7,9-12,21,23H,1-2,8,13-15H2,(H,24,25). The number of likely N-dealkylation sites (tertiary alicyclic amines) is 1. The molecule has 0 radical (unpaired) electrons. The molecule has 2 aliphatic heterocycles. The van der Waals surface area contributed by atoms with Crippen LogP contribution in [0.4, 0.5) is 11.4 Å². The summed E-state index contributed by atoms with van der Waals surface area (Å²) in [4.78, 5) is 7.23. The fraction of sp³-hybridized carbons (Fsp3) is 0.227. The summed E-state index contributed by atoms with van der Waals surface area (Å²) in [6, 6.07) is 18.7. The molecule has 0 spiro atoms. The van der Waals surface area contributed by atoms with Crippen molar-refractivity contribution >= 4 is 22.9 Å². The van der Waals surface area contributed by atoms with Gasteiger partial charge in [-0.15, -0.1) is 0 Å². The molecule has 2 heterocycles. The first kappa shape index (κ1) is 16.6. The lowest BCUT2D eigenvalue weighted by atomic mass is 10.1. The summed E-state index contributed by atoms with van der Waals surface area (Å²) in [5, 5.41) is 6.83. The van der Waals surface area contributed by atoms with Gasteiger partial charge in [-0.25, -0.2) is 4.99 Å². The molecule has 2 aliphatic rings. The van der Waals surface area contributed by atoms with Gasteiger partial charge in [-0.05, 0) is 37.6 Å². The normalized spacial score (nSPS) is 19.5. The maximum absolute atomic E-state index is 4.79. The van der Waals surface area contributed by atoms with Crippen molar-refractivity contribution in [2.45, 2.75) is 18.9 Å². The third-order valence-electron chi connectivity index (χ3n) is 4.98. The minimum absolute atomic E-state index is 0.310. The highest BCUT2D eigenvalue weighted by Crippen LogP contribution is 2.29. The minimum Gasteiger partial charge on any atom is -0.358 e. The van der Waals surface area contributed by atoms with Crippen molar-refractivity contribution in [2.24, 2.45) is 4.99 Å². The molecule has 1 fully saturated rings. The first-order valence-electron chi connectivity index (χ1n) is 9.08. The highest BCUT2D eigenvalue weighted by Gasteiger charge is 2.28. The molecule has 0 aromatic heterocycles. The molecule has 1 atom stereocenters. The molecular formula is C22H24N4. The molecule has 26 heavy (non-hydrogen) atoms. The molecule has 4 rings (SSSR count). The maximum atomic E-state index is 4.79. The Kier molecular flexibility index (Phi) is 4.59. The van der Waals surface area contributed by atoms with E-state index in [0.29, 0.717) is 6.04 Å². The predicted octanol–water partition coefficient (Wildman–Crippen LogP) is 4.38. The van der Waals surface area contributed by atoms with E-state index in [4.69, 9.17) is 4.99 Å². The van der Waals surface area contributed by atoms with Crippen LogP contribution in [-0.4, -0.2) is 29.9 Å². The molecule has 0 aliphatic carbocycles. The van der Waals surface area contributed by atoms with Crippen LogP contribution >= 0.6 is 0 Å². The number of fused-ring (bicyclic) bond motifs is 1. The monoisotopic (exact) mass is 344 g/mol. The molecule has 0 bridgehead atoms. The summed E-state index contributed by atoms with van der Waals surface area (Å²) in [5.41, 5.74) is 5.11. The van der Waals surface area contributed by atoms with Gasteiger partial charge in [0.15, 0.2) is 0 Å². The molecule has 1 saturated heterocycles. The SMILES string of the molecule is C=C1NC(CN2CCCC2C(=C)Nc2ccccc2)=Nc2ccccc21. The first-order valence-corrected chi connectivity index (χ1v) is 9.08. The molecule has 0 amide bonds. The van der Waals surface area contributed by atoms with E-state index < -0.39 is 0 Å². The summed E-state index contributed by atoms with van der Waals surface area (Å²) in [6.45, 7) is 10.3. The molecule has 132 valence electrons. The number of hydrogen-bond acceptors (Lipinski definition) is 4. The zero-order valence-corrected chi connectivity index (χ0v) is 14.9. The number of benzene rings is 2. The Morgan fingerprint density at radius 1 is 1.15 bits per heavy atom. The Morgan fingerprint density at radius 3 is 2.77 bits per heavy atom. The summed E-state index contributed by atoms with van der Waals surface area (Å²) in [6.07, 6.45) is 2.29. The van der Waals surface area contributed by atoms with Crippen molar-refractivity contribution < 1.29 is 0 Å². The van der Waals surface area contributed by atoms with Crippen molar-refractivity contribution in [3.8, 4) is 0 Å². The van der Waals surface area contributed by atoms with E-state index in [1.165, 1.54) is 6.42 Å². The summed E-state index contributed by atoms with van der Waals surface area (Å²) >= 11 is 0. The molecule has 4 nitrogen and oxygen atoms in total. The largest absolute Gasteiger partial charge is 0.358 e. The molecule has 4 heteroatoms. The topological polar surface area (TPSA) is 39.7 Å². The van der Waals surface area contributed by atoms with Crippen molar-refractivity contribution in [1.29, 1.82) is 0 Å². The van der Waals surface area contributed by atoms with E-state index in [2.05, 4.69) is 46.9 Å². The number of para-hydroxylation sites is 2. The Labute approximate surface area is 155 Å². The van der Waals surface area contributed by atoms with Gasteiger partial charge in [0.25, 0.3) is 0 Å². The second-order valence-electron chi connectivity index (χ2n) is 6.82. The van der Waals surface area contributed by atoms with E-state index in [0.717, 1.165) is 53.7 Å². The van der Waals surface area contributed by atoms with Crippen LogP contribution in [0.5, 0.6) is 0 Å². The zero-order valence-electron chi connectivity index (χ0n) is 14.9. The number of nitrogens with one attached hydrogen (secondary N) is 2. The predicted molar refractivity (Wildman–Crippen MR) is 110 cm³/mol. The zero-order chi connectivity index (χ0) is 17.9. The number of amidine groups is 1. The molecule has 2 aromatic carbocycles. The Hall–Kier alpha value is -2.85. The number of hydrogen-bond donors (Lipinski definition) is 2. The van der Waals surface area contributed by atoms with Crippen LogP contribution < -0.4 is 10.6 Å². The lowest BCUT2D eigenvalue weighted by Gasteiger charge is -2.29.